The van der Waals surface area contributed by atoms with Crippen molar-refractivity contribution in [1.29, 1.82) is 0 Å². The third-order valence-corrected chi connectivity index (χ3v) is 0. The third-order valence-electron chi connectivity index (χ3n) is 0. The summed E-state index contributed by atoms with van der Waals surface area (Å²) in [6.45, 7) is 0. The Labute approximate surface area is 83.5 Å². The molecule has 0 fully saturated rings. The Balaban J connectivity index is 0. The Hall–Kier alpha value is 2.32. The predicted octanol–water partition coefficient (Wildman–Crippen LogP) is -8.73. The third kappa shape index (κ3) is 21.9. The van der Waals surface area contributed by atoms with Crippen LogP contribution in [0.4, 0.5) is 0 Å². The molecule has 0 aromatic heterocycles. The van der Waals surface area contributed by atoms with E-state index < -0.39 is 0 Å². The van der Waals surface area contributed by atoms with Gasteiger partial charge in [0.2, 0.25) is 0 Å². The molecular formula is CH4BiBr3. The SMILES string of the molecule is C.[Bi+3].[Br-].[Br-].[Br-]. The van der Waals surface area contributed by atoms with Gasteiger partial charge in [-0.1, -0.05) is 7.43 Å². The van der Waals surface area contributed by atoms with Crippen LogP contribution < -0.4 is 50.9 Å². The number of hydrogen-bond donors (Lipinski definition) is 0. The Morgan fingerprint density at radius 1 is 0.600 bits per heavy atom. The first kappa shape index (κ1) is 54.3. The molecule has 0 amide bonds. The summed E-state index contributed by atoms with van der Waals surface area (Å²) in [4.78, 5) is 0. The smallest absolute Gasteiger partial charge is 1.00 e. The number of hydrogen-bond acceptors (Lipinski definition) is 0. The van der Waals surface area contributed by atoms with Crippen LogP contribution in [0.25, 0.3) is 0 Å². The summed E-state index contributed by atoms with van der Waals surface area (Å²) in [6, 6.07) is 0. The second-order valence-electron chi connectivity index (χ2n) is 0. The molecule has 0 aliphatic carbocycles. The zero-order valence-corrected chi connectivity index (χ0v) is 9.82. The molecule has 0 atom stereocenters. The van der Waals surface area contributed by atoms with E-state index in [0.29, 0.717) is 0 Å². The Kier molecular flexibility index (Phi) is 360. The summed E-state index contributed by atoms with van der Waals surface area (Å²) in [5.74, 6) is 0. The van der Waals surface area contributed by atoms with Gasteiger partial charge in [-0.2, -0.15) is 0 Å². The molecule has 0 saturated heterocycles. The minimum atomic E-state index is 0. The van der Waals surface area contributed by atoms with E-state index in [-0.39, 0.29) is 84.6 Å². The first-order valence-electron chi connectivity index (χ1n) is 0. The molecule has 0 aromatic carbocycles. The summed E-state index contributed by atoms with van der Waals surface area (Å²) in [5.41, 5.74) is 0. The van der Waals surface area contributed by atoms with Crippen LogP contribution in [0.3, 0.4) is 0 Å². The summed E-state index contributed by atoms with van der Waals surface area (Å²) in [6.07, 6.45) is 0. The van der Waals surface area contributed by atoms with E-state index >= 15 is 0 Å². The van der Waals surface area contributed by atoms with Crippen LogP contribution in [0.2, 0.25) is 0 Å². The maximum atomic E-state index is 0. The van der Waals surface area contributed by atoms with Gasteiger partial charge in [-0.3, -0.25) is 0 Å². The van der Waals surface area contributed by atoms with Crippen LogP contribution in [0.5, 0.6) is 0 Å². The molecule has 0 saturated carbocycles. The van der Waals surface area contributed by atoms with Crippen molar-refractivity contribution in [3.63, 3.8) is 0 Å². The molecule has 0 spiro atoms. The molecule has 34 valence electrons. The molecule has 0 N–H and O–H groups in total. The van der Waals surface area contributed by atoms with Gasteiger partial charge in [0.1, 0.15) is 0 Å². The monoisotopic (exact) mass is 462 g/mol. The molecule has 0 aliphatic heterocycles. The van der Waals surface area contributed by atoms with Crippen molar-refractivity contribution in [1.82, 2.24) is 0 Å². The van der Waals surface area contributed by atoms with E-state index in [1.54, 1.807) is 0 Å². The van der Waals surface area contributed by atoms with E-state index in [0.717, 1.165) is 0 Å². The summed E-state index contributed by atoms with van der Waals surface area (Å²) in [7, 11) is 0. The van der Waals surface area contributed by atoms with Crippen LogP contribution in [0.15, 0.2) is 0 Å². The summed E-state index contributed by atoms with van der Waals surface area (Å²) in [5, 5.41) is 0. The zero-order chi connectivity index (χ0) is 0. The van der Waals surface area contributed by atoms with E-state index in [9.17, 15) is 0 Å². The van der Waals surface area contributed by atoms with Crippen molar-refractivity contribution < 1.29 is 50.9 Å². The minimum absolute atomic E-state index is 0. The van der Waals surface area contributed by atoms with E-state index in [1.807, 2.05) is 0 Å². The average Bonchev–Trinajstić information content (AvgIpc) is 0. The van der Waals surface area contributed by atoms with Gasteiger partial charge < -0.3 is 50.9 Å². The number of halogens is 3. The number of rotatable bonds is 0. The van der Waals surface area contributed by atoms with Gasteiger partial charge in [0, 0.05) is 0 Å². The maximum Gasteiger partial charge on any atom is 3.00 e. The molecule has 0 aromatic rings. The normalized spacial score (nSPS) is 0. The predicted molar refractivity (Wildman–Crippen MR) is 12.5 cm³/mol. The standard InChI is InChI=1S/CH4.Bi.3BrH/h1H4;;3*1H/q;+3;;;/p-3. The fourth-order valence-electron chi connectivity index (χ4n) is 0. The van der Waals surface area contributed by atoms with Gasteiger partial charge in [-0.05, 0) is 0 Å². The van der Waals surface area contributed by atoms with Crippen LogP contribution in [0, 0.1) is 0 Å². The summed E-state index contributed by atoms with van der Waals surface area (Å²) < 4.78 is 0. The molecule has 0 aliphatic rings. The molecule has 0 heterocycles. The fraction of sp³-hybridized carbons (Fsp3) is 1.00. The van der Waals surface area contributed by atoms with Gasteiger partial charge in [0.05, 0.1) is 0 Å². The first-order chi connectivity index (χ1) is 0. The Bertz CT molecular complexity index is 6.85. The molecule has 5 heavy (non-hydrogen) atoms. The minimum Gasteiger partial charge on any atom is -1.00 e. The largest absolute Gasteiger partial charge is 3.00 e. The topological polar surface area (TPSA) is 0 Å². The van der Waals surface area contributed by atoms with Crippen LogP contribution in [-0.4, -0.2) is 26.2 Å². The maximum absolute atomic E-state index is 0. The van der Waals surface area contributed by atoms with Crippen LogP contribution in [-0.2, 0) is 0 Å². The van der Waals surface area contributed by atoms with Gasteiger partial charge in [0.25, 0.3) is 0 Å². The zero-order valence-electron chi connectivity index (χ0n) is 1.58. The Morgan fingerprint density at radius 2 is 0.600 bits per heavy atom. The van der Waals surface area contributed by atoms with Crippen molar-refractivity contribution in [3.8, 4) is 0 Å². The molecule has 2 radical (unpaired) electrons. The van der Waals surface area contributed by atoms with Crippen LogP contribution >= 0.6 is 0 Å². The van der Waals surface area contributed by atoms with Gasteiger partial charge >= 0.3 is 26.2 Å². The van der Waals surface area contributed by atoms with E-state index in [2.05, 4.69) is 0 Å². The van der Waals surface area contributed by atoms with E-state index in [1.165, 1.54) is 0 Å². The summed E-state index contributed by atoms with van der Waals surface area (Å²) >= 11 is 0. The molecule has 0 unspecified atom stereocenters. The fourth-order valence-corrected chi connectivity index (χ4v) is 0. The molecule has 0 bridgehead atoms. The average molecular weight is 465 g/mol. The van der Waals surface area contributed by atoms with E-state index in [4.69, 9.17) is 0 Å². The first-order valence-corrected chi connectivity index (χ1v) is 0. The Morgan fingerprint density at radius 3 is 0.600 bits per heavy atom. The molecule has 4 heteroatoms. The second kappa shape index (κ2) is 33.2. The van der Waals surface area contributed by atoms with Gasteiger partial charge in [-0.15, -0.1) is 0 Å². The molecule has 0 rings (SSSR count). The molecule has 0 nitrogen and oxygen atoms in total. The van der Waals surface area contributed by atoms with Gasteiger partial charge in [-0.25, -0.2) is 0 Å². The van der Waals surface area contributed by atoms with Crippen molar-refractivity contribution in [2.75, 3.05) is 0 Å². The molecular weight excluding hydrogens is 461 g/mol. The second-order valence-corrected chi connectivity index (χ2v) is 0. The van der Waals surface area contributed by atoms with Crippen molar-refractivity contribution in [2.24, 2.45) is 0 Å². The van der Waals surface area contributed by atoms with Crippen LogP contribution in [0.1, 0.15) is 7.43 Å². The van der Waals surface area contributed by atoms with Crippen molar-refractivity contribution in [2.45, 2.75) is 7.43 Å². The van der Waals surface area contributed by atoms with Gasteiger partial charge in [0.15, 0.2) is 0 Å². The quantitative estimate of drug-likeness (QED) is 0.313. The van der Waals surface area contributed by atoms with Crippen molar-refractivity contribution in [3.05, 3.63) is 0 Å². The van der Waals surface area contributed by atoms with Crippen molar-refractivity contribution >= 4 is 26.2 Å².